The maximum atomic E-state index is 13.3. The molecule has 21 heavy (non-hydrogen) atoms. The van der Waals surface area contributed by atoms with Crippen molar-refractivity contribution < 1.29 is 13.9 Å². The molecule has 0 fully saturated rings. The second kappa shape index (κ2) is 7.64. The lowest BCUT2D eigenvalue weighted by Crippen LogP contribution is -2.17. The van der Waals surface area contributed by atoms with Crippen LogP contribution in [-0.2, 0) is 4.74 Å². The quantitative estimate of drug-likeness (QED) is 0.835. The monoisotopic (exact) mass is 289 g/mol. The molecule has 1 unspecified atom stereocenters. The molecule has 1 N–H and O–H groups in total. The molecule has 112 valence electrons. The molecule has 4 heteroatoms. The summed E-state index contributed by atoms with van der Waals surface area (Å²) in [5, 5.41) is 3.36. The minimum atomic E-state index is -0.313. The fraction of sp³-hybridized carbons (Fsp3) is 0.294. The van der Waals surface area contributed by atoms with Crippen molar-refractivity contribution in [1.29, 1.82) is 0 Å². The van der Waals surface area contributed by atoms with Crippen molar-refractivity contribution in [2.75, 3.05) is 25.6 Å². The van der Waals surface area contributed by atoms with E-state index in [4.69, 9.17) is 9.47 Å². The number of halogens is 1. The van der Waals surface area contributed by atoms with Crippen LogP contribution in [-0.4, -0.2) is 20.3 Å². The van der Waals surface area contributed by atoms with Gasteiger partial charge in [-0.15, -0.1) is 0 Å². The van der Waals surface area contributed by atoms with Crippen molar-refractivity contribution in [3.63, 3.8) is 0 Å². The lowest BCUT2D eigenvalue weighted by Gasteiger charge is -2.21. The summed E-state index contributed by atoms with van der Waals surface area (Å²) in [6.45, 7) is 2.86. The van der Waals surface area contributed by atoms with Crippen LogP contribution in [0.1, 0.15) is 18.5 Å². The van der Waals surface area contributed by atoms with Gasteiger partial charge in [-0.05, 0) is 24.6 Å². The van der Waals surface area contributed by atoms with Crippen molar-refractivity contribution >= 4 is 5.69 Å². The first-order valence-electron chi connectivity index (χ1n) is 6.97. The molecule has 0 amide bonds. The Hall–Kier alpha value is -2.07. The Morgan fingerprint density at radius 3 is 2.57 bits per heavy atom. The molecular weight excluding hydrogens is 269 g/mol. The summed E-state index contributed by atoms with van der Waals surface area (Å²) in [5.74, 6) is 0.196. The first-order chi connectivity index (χ1) is 10.2. The Balaban J connectivity index is 2.24. The Morgan fingerprint density at radius 2 is 1.90 bits per heavy atom. The van der Waals surface area contributed by atoms with E-state index in [1.54, 1.807) is 13.2 Å². The van der Waals surface area contributed by atoms with E-state index >= 15 is 0 Å². The van der Waals surface area contributed by atoms with Gasteiger partial charge in [0.15, 0.2) is 0 Å². The average molecular weight is 289 g/mol. The predicted octanol–water partition coefficient (Wildman–Crippen LogP) is 4.02. The van der Waals surface area contributed by atoms with Crippen LogP contribution in [0.5, 0.6) is 5.75 Å². The largest absolute Gasteiger partial charge is 0.492 e. The highest BCUT2D eigenvalue weighted by atomic mass is 19.1. The van der Waals surface area contributed by atoms with Crippen LogP contribution in [0.3, 0.4) is 0 Å². The summed E-state index contributed by atoms with van der Waals surface area (Å²) in [6, 6.07) is 14.5. The summed E-state index contributed by atoms with van der Waals surface area (Å²) in [7, 11) is 1.66. The number of nitrogens with one attached hydrogen (secondary N) is 1. The smallest absolute Gasteiger partial charge is 0.145 e. The maximum Gasteiger partial charge on any atom is 0.145 e. The van der Waals surface area contributed by atoms with Gasteiger partial charge in [0.25, 0.3) is 0 Å². The topological polar surface area (TPSA) is 30.5 Å². The van der Waals surface area contributed by atoms with Gasteiger partial charge in [0.05, 0.1) is 24.9 Å². The molecule has 0 bridgehead atoms. The van der Waals surface area contributed by atoms with Crippen molar-refractivity contribution in [2.45, 2.75) is 13.0 Å². The van der Waals surface area contributed by atoms with Crippen LogP contribution in [0.25, 0.3) is 0 Å². The number of benzene rings is 2. The van der Waals surface area contributed by atoms with Gasteiger partial charge in [-0.25, -0.2) is 4.39 Å². The van der Waals surface area contributed by atoms with Crippen LogP contribution in [0.4, 0.5) is 10.1 Å². The fourth-order valence-corrected chi connectivity index (χ4v) is 2.15. The van der Waals surface area contributed by atoms with Crippen LogP contribution < -0.4 is 10.1 Å². The highest BCUT2D eigenvalue weighted by molar-refractivity contribution is 5.57. The lowest BCUT2D eigenvalue weighted by atomic mass is 10.1. The summed E-state index contributed by atoms with van der Waals surface area (Å²) < 4.78 is 24.1. The summed E-state index contributed by atoms with van der Waals surface area (Å²) in [4.78, 5) is 0. The molecule has 2 aromatic rings. The van der Waals surface area contributed by atoms with Gasteiger partial charge in [-0.2, -0.15) is 0 Å². The number of hydrogen-bond acceptors (Lipinski definition) is 3. The Morgan fingerprint density at radius 1 is 1.14 bits per heavy atom. The summed E-state index contributed by atoms with van der Waals surface area (Å²) in [5.41, 5.74) is 1.86. The van der Waals surface area contributed by atoms with Gasteiger partial charge in [0.1, 0.15) is 11.6 Å². The molecule has 2 rings (SSSR count). The minimum Gasteiger partial charge on any atom is -0.492 e. The normalized spacial score (nSPS) is 12.0. The highest BCUT2D eigenvalue weighted by Gasteiger charge is 2.14. The average Bonchev–Trinajstić information content (AvgIpc) is 2.50. The third-order valence-corrected chi connectivity index (χ3v) is 3.11. The van der Waals surface area contributed by atoms with Gasteiger partial charge < -0.3 is 14.8 Å². The number of ether oxygens (including phenoxy) is 2. The van der Waals surface area contributed by atoms with E-state index in [1.807, 2.05) is 37.3 Å². The zero-order chi connectivity index (χ0) is 15.1. The number of anilines is 1. The number of hydrogen-bond donors (Lipinski definition) is 1. The van der Waals surface area contributed by atoms with Crippen molar-refractivity contribution in [3.05, 3.63) is 59.9 Å². The van der Waals surface area contributed by atoms with Gasteiger partial charge >= 0.3 is 0 Å². The van der Waals surface area contributed by atoms with E-state index in [-0.39, 0.29) is 11.9 Å². The van der Waals surface area contributed by atoms with E-state index in [9.17, 15) is 4.39 Å². The van der Waals surface area contributed by atoms with E-state index in [0.717, 1.165) is 11.3 Å². The first kappa shape index (κ1) is 15.3. The van der Waals surface area contributed by atoms with Gasteiger partial charge in [0, 0.05) is 13.2 Å². The lowest BCUT2D eigenvalue weighted by molar-refractivity contribution is 0.186. The molecule has 1 atom stereocenters. The Bertz CT molecular complexity index is 560. The molecule has 0 aliphatic heterocycles. The molecule has 0 spiro atoms. The van der Waals surface area contributed by atoms with Crippen LogP contribution >= 0.6 is 0 Å². The van der Waals surface area contributed by atoms with Crippen molar-refractivity contribution in [3.8, 4) is 5.75 Å². The van der Waals surface area contributed by atoms with E-state index in [2.05, 4.69) is 5.32 Å². The molecule has 3 nitrogen and oxygen atoms in total. The minimum absolute atomic E-state index is 0.0270. The molecule has 0 saturated carbocycles. The standard InChI is InChI=1S/C17H20FNO2/c1-3-21-17-11-14(18)9-10-15(17)19-16(12-20-2)13-7-5-4-6-8-13/h4-11,16,19H,3,12H2,1-2H3. The highest BCUT2D eigenvalue weighted by Crippen LogP contribution is 2.29. The molecule has 0 heterocycles. The molecule has 0 aromatic heterocycles. The van der Waals surface area contributed by atoms with Gasteiger partial charge in [-0.1, -0.05) is 30.3 Å². The van der Waals surface area contributed by atoms with Crippen molar-refractivity contribution in [1.82, 2.24) is 0 Å². The molecule has 0 radical (unpaired) electrons. The molecule has 0 aliphatic carbocycles. The first-order valence-corrected chi connectivity index (χ1v) is 6.97. The van der Waals surface area contributed by atoms with Crippen LogP contribution in [0, 0.1) is 5.82 Å². The molecule has 0 aliphatic rings. The third kappa shape index (κ3) is 4.20. The summed E-state index contributed by atoms with van der Waals surface area (Å²) in [6.07, 6.45) is 0. The van der Waals surface area contributed by atoms with E-state index in [1.165, 1.54) is 12.1 Å². The zero-order valence-corrected chi connectivity index (χ0v) is 12.3. The van der Waals surface area contributed by atoms with Gasteiger partial charge in [-0.3, -0.25) is 0 Å². The van der Waals surface area contributed by atoms with Crippen LogP contribution in [0.2, 0.25) is 0 Å². The predicted molar refractivity (Wildman–Crippen MR) is 82.3 cm³/mol. The van der Waals surface area contributed by atoms with E-state index < -0.39 is 0 Å². The second-order valence-corrected chi connectivity index (χ2v) is 4.64. The molecular formula is C17H20FNO2. The van der Waals surface area contributed by atoms with Gasteiger partial charge in [0.2, 0.25) is 0 Å². The number of methoxy groups -OCH3 is 1. The van der Waals surface area contributed by atoms with E-state index in [0.29, 0.717) is 19.0 Å². The molecule has 0 saturated heterocycles. The third-order valence-electron chi connectivity index (χ3n) is 3.11. The zero-order valence-electron chi connectivity index (χ0n) is 12.3. The van der Waals surface area contributed by atoms with Crippen LogP contribution in [0.15, 0.2) is 48.5 Å². The van der Waals surface area contributed by atoms with Crippen molar-refractivity contribution in [2.24, 2.45) is 0 Å². The SMILES string of the molecule is CCOc1cc(F)ccc1NC(COC)c1ccccc1. The summed E-state index contributed by atoms with van der Waals surface area (Å²) >= 11 is 0. The number of rotatable bonds is 7. The fourth-order valence-electron chi connectivity index (χ4n) is 2.15. The molecule has 2 aromatic carbocycles. The Kier molecular flexibility index (Phi) is 5.58. The Labute approximate surface area is 124 Å². The maximum absolute atomic E-state index is 13.3. The second-order valence-electron chi connectivity index (χ2n) is 4.64.